The number of nitrogens with zero attached hydrogens (tertiary/aromatic N) is 3. The average molecular weight is 386 g/mol. The first kappa shape index (κ1) is 21.4. The van der Waals surface area contributed by atoms with Gasteiger partial charge < -0.3 is 15.0 Å². The van der Waals surface area contributed by atoms with Crippen LogP contribution in [0.25, 0.3) is 0 Å². The lowest BCUT2D eigenvalue weighted by Gasteiger charge is -2.13. The molecule has 26 heavy (non-hydrogen) atoms. The summed E-state index contributed by atoms with van der Waals surface area (Å²) in [6.45, 7) is 2.25. The van der Waals surface area contributed by atoms with Crippen molar-refractivity contribution in [2.45, 2.75) is 24.7 Å². The highest BCUT2D eigenvalue weighted by molar-refractivity contribution is 7.90. The average Bonchev–Trinajstić information content (AvgIpc) is 2.59. The van der Waals surface area contributed by atoms with Crippen molar-refractivity contribution in [3.8, 4) is 0 Å². The zero-order valence-corrected chi connectivity index (χ0v) is 15.9. The standard InChI is InChI=1S/C15H22N4O6S/c1-5-6-7-16-14-12(19(21)22)8-11(15(20)25-4)9-13(14)26(23,24)17-10-18(2)3/h8-10,16H,5-7H2,1-4H3. The molecule has 0 aliphatic rings. The van der Waals surface area contributed by atoms with Gasteiger partial charge in [-0.05, 0) is 12.5 Å². The summed E-state index contributed by atoms with van der Waals surface area (Å²) >= 11 is 0. The van der Waals surface area contributed by atoms with Crippen LogP contribution in [0.3, 0.4) is 0 Å². The first-order chi connectivity index (χ1) is 12.1. The van der Waals surface area contributed by atoms with E-state index in [0.29, 0.717) is 13.0 Å². The van der Waals surface area contributed by atoms with Gasteiger partial charge >= 0.3 is 5.97 Å². The molecule has 1 rings (SSSR count). The third-order valence-corrected chi connectivity index (χ3v) is 4.48. The van der Waals surface area contributed by atoms with Gasteiger partial charge in [0.15, 0.2) is 0 Å². The van der Waals surface area contributed by atoms with E-state index < -0.39 is 31.5 Å². The van der Waals surface area contributed by atoms with Crippen LogP contribution >= 0.6 is 0 Å². The molecule has 0 unspecified atom stereocenters. The van der Waals surface area contributed by atoms with E-state index in [9.17, 15) is 23.3 Å². The van der Waals surface area contributed by atoms with Gasteiger partial charge in [0.1, 0.15) is 16.9 Å². The molecule has 0 heterocycles. The third kappa shape index (κ3) is 5.41. The number of nitrogens with one attached hydrogen (secondary N) is 1. The van der Waals surface area contributed by atoms with E-state index in [1.54, 1.807) is 14.1 Å². The van der Waals surface area contributed by atoms with Crippen molar-refractivity contribution >= 4 is 33.7 Å². The van der Waals surface area contributed by atoms with Gasteiger partial charge in [0.2, 0.25) is 0 Å². The molecule has 1 N–H and O–H groups in total. The fourth-order valence-corrected chi connectivity index (χ4v) is 3.10. The van der Waals surface area contributed by atoms with E-state index in [2.05, 4.69) is 14.5 Å². The van der Waals surface area contributed by atoms with E-state index in [4.69, 9.17) is 0 Å². The molecule has 0 amide bonds. The minimum absolute atomic E-state index is 0.202. The van der Waals surface area contributed by atoms with E-state index in [1.807, 2.05) is 6.92 Å². The Kier molecular flexibility index (Phi) is 7.50. The number of carbonyl (C=O) groups excluding carboxylic acids is 1. The second-order valence-corrected chi connectivity index (χ2v) is 7.16. The lowest BCUT2D eigenvalue weighted by molar-refractivity contribution is -0.384. The normalized spacial score (nSPS) is 11.4. The molecule has 0 fully saturated rings. The molecule has 11 heteroatoms. The zero-order valence-electron chi connectivity index (χ0n) is 15.1. The SMILES string of the molecule is CCCCNc1c([N+](=O)[O-])cc(C(=O)OC)cc1S(=O)(=O)N=CN(C)C. The maximum atomic E-state index is 12.6. The Balaban J connectivity index is 3.67. The Hall–Kier alpha value is -2.69. The molecule has 0 aromatic heterocycles. The summed E-state index contributed by atoms with van der Waals surface area (Å²) < 4.78 is 33.2. The summed E-state index contributed by atoms with van der Waals surface area (Å²) in [5.74, 6) is -0.888. The predicted octanol–water partition coefficient (Wildman–Crippen LogP) is 1.87. The Morgan fingerprint density at radius 3 is 2.58 bits per heavy atom. The number of rotatable bonds is 9. The van der Waals surface area contributed by atoms with Gasteiger partial charge in [-0.1, -0.05) is 13.3 Å². The van der Waals surface area contributed by atoms with Gasteiger partial charge in [0.25, 0.3) is 15.7 Å². The number of unbranched alkanes of at least 4 members (excludes halogenated alkanes) is 1. The maximum Gasteiger partial charge on any atom is 0.338 e. The number of carbonyl (C=O) groups is 1. The number of anilines is 1. The molecule has 144 valence electrons. The molecule has 1 aromatic rings. The topological polar surface area (TPSA) is 131 Å². The van der Waals surface area contributed by atoms with Gasteiger partial charge in [-0.25, -0.2) is 4.79 Å². The molecular weight excluding hydrogens is 364 g/mol. The molecular formula is C15H22N4O6S. The van der Waals surface area contributed by atoms with Crippen molar-refractivity contribution in [3.05, 3.63) is 27.8 Å². The van der Waals surface area contributed by atoms with E-state index in [1.165, 1.54) is 4.90 Å². The minimum atomic E-state index is -4.29. The Bertz CT molecular complexity index is 805. The van der Waals surface area contributed by atoms with Crippen LogP contribution in [-0.2, 0) is 14.8 Å². The summed E-state index contributed by atoms with van der Waals surface area (Å²) in [7, 11) is -0.0409. The molecule has 0 aliphatic heterocycles. The number of nitro benzene ring substituents is 1. The molecule has 0 radical (unpaired) electrons. The van der Waals surface area contributed by atoms with Gasteiger partial charge in [0, 0.05) is 26.7 Å². The summed E-state index contributed by atoms with van der Waals surface area (Å²) in [4.78, 5) is 23.4. The fraction of sp³-hybridized carbons (Fsp3) is 0.467. The van der Waals surface area contributed by atoms with Crippen LogP contribution in [0, 0.1) is 10.1 Å². The summed E-state index contributed by atoms with van der Waals surface area (Å²) in [5, 5.41) is 14.2. The van der Waals surface area contributed by atoms with Crippen molar-refractivity contribution in [1.82, 2.24) is 4.90 Å². The van der Waals surface area contributed by atoms with Gasteiger partial charge in [-0.2, -0.15) is 8.42 Å². The summed E-state index contributed by atoms with van der Waals surface area (Å²) in [6.07, 6.45) is 2.54. The Morgan fingerprint density at radius 1 is 1.42 bits per heavy atom. The number of nitro groups is 1. The molecule has 0 spiro atoms. The molecule has 10 nitrogen and oxygen atoms in total. The van der Waals surface area contributed by atoms with Crippen LogP contribution in [-0.4, -0.2) is 58.3 Å². The van der Waals surface area contributed by atoms with Crippen molar-refractivity contribution in [2.75, 3.05) is 33.1 Å². The largest absolute Gasteiger partial charge is 0.465 e. The summed E-state index contributed by atoms with van der Waals surface area (Å²) in [5.41, 5.74) is -0.992. The van der Waals surface area contributed by atoms with Crippen LogP contribution in [0.1, 0.15) is 30.1 Å². The molecule has 0 bridgehead atoms. The monoisotopic (exact) mass is 386 g/mol. The smallest absolute Gasteiger partial charge is 0.338 e. The molecule has 0 atom stereocenters. The highest BCUT2D eigenvalue weighted by Crippen LogP contribution is 2.34. The highest BCUT2D eigenvalue weighted by Gasteiger charge is 2.29. The molecule has 0 saturated heterocycles. The van der Waals surface area contributed by atoms with Crippen molar-refractivity contribution in [2.24, 2.45) is 4.40 Å². The molecule has 0 aliphatic carbocycles. The van der Waals surface area contributed by atoms with Crippen LogP contribution in [0.5, 0.6) is 0 Å². The van der Waals surface area contributed by atoms with Gasteiger partial charge in [0.05, 0.1) is 17.6 Å². The Morgan fingerprint density at radius 2 is 2.08 bits per heavy atom. The van der Waals surface area contributed by atoms with Crippen LogP contribution in [0.2, 0.25) is 0 Å². The number of hydrogen-bond acceptors (Lipinski definition) is 7. The van der Waals surface area contributed by atoms with Crippen LogP contribution in [0.15, 0.2) is 21.4 Å². The minimum Gasteiger partial charge on any atom is -0.465 e. The molecule has 0 saturated carbocycles. The van der Waals surface area contributed by atoms with E-state index in [-0.39, 0.29) is 11.3 Å². The van der Waals surface area contributed by atoms with Crippen molar-refractivity contribution in [1.29, 1.82) is 0 Å². The van der Waals surface area contributed by atoms with E-state index >= 15 is 0 Å². The van der Waals surface area contributed by atoms with Crippen LogP contribution < -0.4 is 5.32 Å². The predicted molar refractivity (Wildman–Crippen MR) is 97.2 cm³/mol. The number of hydrogen-bond donors (Lipinski definition) is 1. The number of ether oxygens (including phenoxy) is 1. The number of methoxy groups -OCH3 is 1. The van der Waals surface area contributed by atoms with Crippen molar-refractivity contribution < 1.29 is 22.9 Å². The Labute approximate surface area is 152 Å². The second-order valence-electron chi connectivity index (χ2n) is 5.56. The highest BCUT2D eigenvalue weighted by atomic mass is 32.2. The second kappa shape index (κ2) is 9.13. The lowest BCUT2D eigenvalue weighted by atomic mass is 10.1. The lowest BCUT2D eigenvalue weighted by Crippen LogP contribution is -2.14. The first-order valence-corrected chi connectivity index (χ1v) is 9.19. The summed E-state index contributed by atoms with van der Waals surface area (Å²) in [6, 6.07) is 2.00. The number of benzene rings is 1. The van der Waals surface area contributed by atoms with Crippen LogP contribution in [0.4, 0.5) is 11.4 Å². The number of sulfonamides is 1. The first-order valence-electron chi connectivity index (χ1n) is 7.75. The van der Waals surface area contributed by atoms with Gasteiger partial charge in [-0.15, -0.1) is 4.40 Å². The number of esters is 1. The van der Waals surface area contributed by atoms with Crippen molar-refractivity contribution in [3.63, 3.8) is 0 Å². The zero-order chi connectivity index (χ0) is 19.9. The fourth-order valence-electron chi connectivity index (χ4n) is 1.96. The maximum absolute atomic E-state index is 12.6. The quantitative estimate of drug-likeness (QED) is 0.170. The molecule has 1 aromatic carbocycles. The van der Waals surface area contributed by atoms with Gasteiger partial charge in [-0.3, -0.25) is 10.1 Å². The van der Waals surface area contributed by atoms with E-state index in [0.717, 1.165) is 32.0 Å². The third-order valence-electron chi connectivity index (χ3n) is 3.23.